The minimum Gasteiger partial charge on any atom is -0.456 e. The lowest BCUT2D eigenvalue weighted by Crippen LogP contribution is -1.97. The summed E-state index contributed by atoms with van der Waals surface area (Å²) >= 11 is 3.27. The Hall–Kier alpha value is -1.84. The average Bonchev–Trinajstić information content (AvgIpc) is 2.38. The van der Waals surface area contributed by atoms with Gasteiger partial charge in [-0.25, -0.2) is 8.42 Å². The highest BCUT2D eigenvalue weighted by Crippen LogP contribution is 2.30. The molecule has 0 spiro atoms. The summed E-state index contributed by atoms with van der Waals surface area (Å²) in [5.41, 5.74) is 0.359. The molecule has 0 saturated heterocycles. The SMILES string of the molecule is CS(=O)(=O)c1cccc(Oc2cccc(Br)c2C#N)c1. The molecule has 0 unspecified atom stereocenters. The third-order valence-electron chi connectivity index (χ3n) is 2.55. The summed E-state index contributed by atoms with van der Waals surface area (Å²) in [6, 6.07) is 13.3. The number of hydrogen-bond acceptors (Lipinski definition) is 4. The van der Waals surface area contributed by atoms with Gasteiger partial charge in [-0.05, 0) is 46.3 Å². The van der Waals surface area contributed by atoms with Crippen LogP contribution in [0.4, 0.5) is 0 Å². The topological polar surface area (TPSA) is 67.2 Å². The molecule has 6 heteroatoms. The summed E-state index contributed by atoms with van der Waals surface area (Å²) in [5.74, 6) is 0.732. The minimum atomic E-state index is -3.30. The maximum atomic E-state index is 11.5. The molecule has 0 fully saturated rings. The van der Waals surface area contributed by atoms with Crippen molar-refractivity contribution in [2.75, 3.05) is 6.26 Å². The van der Waals surface area contributed by atoms with Crippen LogP contribution in [0.15, 0.2) is 51.8 Å². The molecular weight excluding hydrogens is 342 g/mol. The first-order valence-electron chi connectivity index (χ1n) is 5.58. The Bertz CT molecular complexity index is 794. The van der Waals surface area contributed by atoms with Crippen molar-refractivity contribution in [1.29, 1.82) is 5.26 Å². The van der Waals surface area contributed by atoms with E-state index in [1.807, 2.05) is 6.07 Å². The molecule has 0 aliphatic carbocycles. The van der Waals surface area contributed by atoms with Crippen LogP contribution in [0.3, 0.4) is 0 Å². The zero-order valence-electron chi connectivity index (χ0n) is 10.5. The standard InChI is InChI=1S/C14H10BrNO3S/c1-20(17,18)11-5-2-4-10(8-11)19-14-7-3-6-13(15)12(14)9-16/h2-8H,1H3. The highest BCUT2D eigenvalue weighted by atomic mass is 79.9. The van der Waals surface area contributed by atoms with Crippen LogP contribution in [-0.2, 0) is 9.84 Å². The Balaban J connectivity index is 2.42. The molecule has 0 heterocycles. The molecule has 2 aromatic carbocycles. The summed E-state index contributed by atoms with van der Waals surface area (Å²) in [5, 5.41) is 9.11. The first kappa shape index (κ1) is 14.6. The van der Waals surface area contributed by atoms with Gasteiger partial charge in [0.25, 0.3) is 0 Å². The molecule has 0 aliphatic heterocycles. The highest BCUT2D eigenvalue weighted by molar-refractivity contribution is 9.10. The molecule has 0 bridgehead atoms. The van der Waals surface area contributed by atoms with Gasteiger partial charge in [0.2, 0.25) is 0 Å². The lowest BCUT2D eigenvalue weighted by atomic mass is 10.2. The number of halogens is 1. The maximum absolute atomic E-state index is 11.5. The van der Waals surface area contributed by atoms with E-state index in [-0.39, 0.29) is 4.90 Å². The van der Waals surface area contributed by atoms with E-state index >= 15 is 0 Å². The van der Waals surface area contributed by atoms with E-state index < -0.39 is 9.84 Å². The minimum absolute atomic E-state index is 0.170. The normalized spacial score (nSPS) is 10.8. The second-order valence-corrected chi connectivity index (χ2v) is 6.94. The monoisotopic (exact) mass is 351 g/mol. The van der Waals surface area contributed by atoms with Gasteiger partial charge >= 0.3 is 0 Å². The molecule has 20 heavy (non-hydrogen) atoms. The fourth-order valence-corrected chi connectivity index (χ4v) is 2.69. The Labute approximate surface area is 125 Å². The number of rotatable bonds is 3. The van der Waals surface area contributed by atoms with E-state index in [1.54, 1.807) is 30.3 Å². The van der Waals surface area contributed by atoms with Crippen molar-refractivity contribution in [3.63, 3.8) is 0 Å². The first-order valence-corrected chi connectivity index (χ1v) is 8.27. The van der Waals surface area contributed by atoms with Crippen molar-refractivity contribution < 1.29 is 13.2 Å². The zero-order valence-corrected chi connectivity index (χ0v) is 12.9. The van der Waals surface area contributed by atoms with Crippen LogP contribution in [0.25, 0.3) is 0 Å². The van der Waals surface area contributed by atoms with Crippen LogP contribution in [0.1, 0.15) is 5.56 Å². The van der Waals surface area contributed by atoms with Gasteiger partial charge in [-0.15, -0.1) is 0 Å². The van der Waals surface area contributed by atoms with Crippen molar-refractivity contribution >= 4 is 25.8 Å². The number of hydrogen-bond donors (Lipinski definition) is 0. The summed E-state index contributed by atoms with van der Waals surface area (Å²) in [6.07, 6.45) is 1.13. The van der Waals surface area contributed by atoms with Gasteiger partial charge in [0, 0.05) is 10.7 Å². The molecule has 0 amide bonds. The fraction of sp³-hybridized carbons (Fsp3) is 0.0714. The van der Waals surface area contributed by atoms with Gasteiger partial charge in [-0.2, -0.15) is 5.26 Å². The summed E-state index contributed by atoms with van der Waals surface area (Å²) in [7, 11) is -3.30. The Morgan fingerprint density at radius 3 is 2.55 bits per heavy atom. The van der Waals surface area contributed by atoms with Crippen molar-refractivity contribution in [3.8, 4) is 17.6 Å². The second kappa shape index (κ2) is 5.65. The van der Waals surface area contributed by atoms with Crippen molar-refractivity contribution in [2.24, 2.45) is 0 Å². The fourth-order valence-electron chi connectivity index (χ4n) is 1.59. The molecular formula is C14H10BrNO3S. The predicted octanol–water partition coefficient (Wildman–Crippen LogP) is 3.52. The molecule has 2 rings (SSSR count). The number of benzene rings is 2. The number of nitrogens with zero attached hydrogens (tertiary/aromatic N) is 1. The van der Waals surface area contributed by atoms with Crippen molar-refractivity contribution in [1.82, 2.24) is 0 Å². The summed E-state index contributed by atoms with van der Waals surface area (Å²) < 4.78 is 29.2. The Morgan fingerprint density at radius 2 is 1.90 bits per heavy atom. The number of ether oxygens (including phenoxy) is 1. The third kappa shape index (κ3) is 3.18. The van der Waals surface area contributed by atoms with Crippen LogP contribution in [-0.4, -0.2) is 14.7 Å². The molecule has 0 atom stereocenters. The van der Waals surface area contributed by atoms with Gasteiger partial charge < -0.3 is 4.74 Å². The molecule has 0 radical (unpaired) electrons. The Morgan fingerprint density at radius 1 is 1.20 bits per heavy atom. The molecule has 0 aromatic heterocycles. The van der Waals surface area contributed by atoms with Crippen LogP contribution in [0.5, 0.6) is 11.5 Å². The second-order valence-electron chi connectivity index (χ2n) is 4.07. The van der Waals surface area contributed by atoms with Gasteiger partial charge in [0.1, 0.15) is 23.1 Å². The Kier molecular flexibility index (Phi) is 4.12. The van der Waals surface area contributed by atoms with E-state index in [2.05, 4.69) is 15.9 Å². The molecule has 0 aliphatic rings. The van der Waals surface area contributed by atoms with Gasteiger partial charge in [0.15, 0.2) is 9.84 Å². The van der Waals surface area contributed by atoms with Gasteiger partial charge in [-0.1, -0.05) is 12.1 Å². The predicted molar refractivity (Wildman–Crippen MR) is 78.5 cm³/mol. The molecule has 0 saturated carbocycles. The van der Waals surface area contributed by atoms with E-state index in [9.17, 15) is 8.42 Å². The number of sulfone groups is 1. The number of nitriles is 1. The van der Waals surface area contributed by atoms with Crippen LogP contribution in [0, 0.1) is 11.3 Å². The van der Waals surface area contributed by atoms with Crippen molar-refractivity contribution in [3.05, 3.63) is 52.5 Å². The third-order valence-corrected chi connectivity index (χ3v) is 4.32. The van der Waals surface area contributed by atoms with E-state index in [1.165, 1.54) is 12.1 Å². The maximum Gasteiger partial charge on any atom is 0.175 e. The van der Waals surface area contributed by atoms with Crippen LogP contribution in [0.2, 0.25) is 0 Å². The largest absolute Gasteiger partial charge is 0.456 e. The summed E-state index contributed by atoms with van der Waals surface area (Å²) in [4.78, 5) is 0.170. The van der Waals surface area contributed by atoms with E-state index in [0.29, 0.717) is 21.5 Å². The zero-order chi connectivity index (χ0) is 14.8. The summed E-state index contributed by atoms with van der Waals surface area (Å²) in [6.45, 7) is 0. The lowest BCUT2D eigenvalue weighted by Gasteiger charge is -2.09. The molecule has 0 N–H and O–H groups in total. The highest BCUT2D eigenvalue weighted by Gasteiger charge is 2.11. The first-order chi connectivity index (χ1) is 9.41. The molecule has 2 aromatic rings. The van der Waals surface area contributed by atoms with E-state index in [0.717, 1.165) is 6.26 Å². The quantitative estimate of drug-likeness (QED) is 0.848. The van der Waals surface area contributed by atoms with Gasteiger partial charge in [0.05, 0.1) is 4.90 Å². The van der Waals surface area contributed by atoms with Crippen LogP contribution >= 0.6 is 15.9 Å². The van der Waals surface area contributed by atoms with E-state index in [4.69, 9.17) is 10.00 Å². The average molecular weight is 352 g/mol. The van der Waals surface area contributed by atoms with Crippen LogP contribution < -0.4 is 4.74 Å². The van der Waals surface area contributed by atoms with Gasteiger partial charge in [-0.3, -0.25) is 0 Å². The molecule has 102 valence electrons. The van der Waals surface area contributed by atoms with Crippen molar-refractivity contribution in [2.45, 2.75) is 4.90 Å². The lowest BCUT2D eigenvalue weighted by molar-refractivity contribution is 0.479. The molecule has 4 nitrogen and oxygen atoms in total. The smallest absolute Gasteiger partial charge is 0.175 e.